The molecule has 4 N–H and O–H groups in total. The van der Waals surface area contributed by atoms with Crippen molar-refractivity contribution in [3.05, 3.63) is 65.2 Å². The van der Waals surface area contributed by atoms with Gasteiger partial charge < -0.3 is 15.4 Å². The summed E-state index contributed by atoms with van der Waals surface area (Å²) in [5.41, 5.74) is 1.99. The molecule has 0 saturated heterocycles. The fourth-order valence-electron chi connectivity index (χ4n) is 4.07. The van der Waals surface area contributed by atoms with E-state index in [0.29, 0.717) is 24.5 Å². The second-order valence-electron chi connectivity index (χ2n) is 11.4. The highest BCUT2D eigenvalue weighted by atomic mass is 32.2. The van der Waals surface area contributed by atoms with E-state index in [1.165, 1.54) is 12.1 Å². The van der Waals surface area contributed by atoms with E-state index in [-0.39, 0.29) is 29.2 Å². The van der Waals surface area contributed by atoms with E-state index in [9.17, 15) is 22.8 Å². The number of amides is 2. The Morgan fingerprint density at radius 1 is 1.02 bits per heavy atom. The highest BCUT2D eigenvalue weighted by Crippen LogP contribution is 2.23. The van der Waals surface area contributed by atoms with Crippen LogP contribution in [0.25, 0.3) is 0 Å². The Hall–Kier alpha value is -3.77. The molecule has 0 bridgehead atoms. The van der Waals surface area contributed by atoms with Gasteiger partial charge in [-0.2, -0.15) is 4.72 Å². The van der Waals surface area contributed by atoms with Crippen molar-refractivity contribution in [3.8, 4) is 0 Å². The van der Waals surface area contributed by atoms with Gasteiger partial charge >= 0.3 is 5.97 Å². The van der Waals surface area contributed by atoms with Crippen molar-refractivity contribution in [1.29, 1.82) is 0 Å². The monoisotopic (exact) mass is 599 g/mol. The second kappa shape index (κ2) is 14.4. The smallest absolute Gasteiger partial charge is 0.326 e. The quantitative estimate of drug-likeness (QED) is 0.289. The average molecular weight is 600 g/mol. The number of guanidine groups is 1. The van der Waals surface area contributed by atoms with Crippen LogP contribution in [0.1, 0.15) is 68.9 Å². The van der Waals surface area contributed by atoms with Gasteiger partial charge in [0.15, 0.2) is 5.96 Å². The van der Waals surface area contributed by atoms with E-state index in [0.717, 1.165) is 24.1 Å². The number of rotatable bonds is 11. The number of esters is 1. The van der Waals surface area contributed by atoms with E-state index in [1.807, 2.05) is 20.8 Å². The summed E-state index contributed by atoms with van der Waals surface area (Å²) >= 11 is 0. The van der Waals surface area contributed by atoms with Crippen LogP contribution in [0.5, 0.6) is 0 Å². The summed E-state index contributed by atoms with van der Waals surface area (Å²) in [6, 6.07) is 11.8. The molecule has 2 aromatic carbocycles. The van der Waals surface area contributed by atoms with Crippen LogP contribution in [0, 0.1) is 0 Å². The molecule has 3 rings (SSSR count). The number of ether oxygens (including phenoxy) is 1. The Labute approximate surface area is 248 Å². The van der Waals surface area contributed by atoms with Crippen LogP contribution < -0.4 is 20.7 Å². The lowest BCUT2D eigenvalue weighted by atomic mass is 9.87. The van der Waals surface area contributed by atoms with E-state index in [2.05, 4.69) is 25.7 Å². The van der Waals surface area contributed by atoms with E-state index < -0.39 is 34.0 Å². The molecule has 228 valence electrons. The minimum Gasteiger partial charge on any atom is -0.462 e. The summed E-state index contributed by atoms with van der Waals surface area (Å²) < 4.78 is 33.8. The molecule has 1 aliphatic heterocycles. The Balaban J connectivity index is 1.60. The fraction of sp³-hybridized carbons (Fsp3) is 0.467. The Morgan fingerprint density at radius 3 is 2.26 bits per heavy atom. The van der Waals surface area contributed by atoms with Crippen LogP contribution >= 0.6 is 0 Å². The van der Waals surface area contributed by atoms with Gasteiger partial charge in [-0.05, 0) is 67.5 Å². The maximum Gasteiger partial charge on any atom is 0.326 e. The van der Waals surface area contributed by atoms with Crippen molar-refractivity contribution in [2.75, 3.05) is 19.6 Å². The van der Waals surface area contributed by atoms with Crippen LogP contribution in [-0.2, 0) is 36.2 Å². The van der Waals surface area contributed by atoms with Gasteiger partial charge in [0, 0.05) is 31.6 Å². The highest BCUT2D eigenvalue weighted by molar-refractivity contribution is 7.89. The van der Waals surface area contributed by atoms with E-state index in [4.69, 9.17) is 4.74 Å². The normalized spacial score (nSPS) is 14.4. The van der Waals surface area contributed by atoms with Gasteiger partial charge in [0.1, 0.15) is 6.04 Å². The van der Waals surface area contributed by atoms with Gasteiger partial charge in [0.05, 0.1) is 11.0 Å². The van der Waals surface area contributed by atoms with Crippen molar-refractivity contribution in [1.82, 2.24) is 20.7 Å². The number of nitrogens with one attached hydrogen (secondary N) is 4. The van der Waals surface area contributed by atoms with Crippen LogP contribution in [0.4, 0.5) is 0 Å². The number of hydrogen-bond donors (Lipinski definition) is 4. The molecule has 0 aromatic heterocycles. The predicted molar refractivity (Wildman–Crippen MR) is 161 cm³/mol. The first-order chi connectivity index (χ1) is 19.7. The first-order valence-corrected chi connectivity index (χ1v) is 15.5. The number of hydrogen-bond acceptors (Lipinski definition) is 8. The summed E-state index contributed by atoms with van der Waals surface area (Å²) in [5, 5.41) is 8.41. The molecule has 1 atom stereocenters. The number of aryl methyl sites for hydroxylation is 1. The van der Waals surface area contributed by atoms with Crippen molar-refractivity contribution < 1.29 is 27.5 Å². The number of carbonyl (C=O) groups is 3. The first-order valence-electron chi connectivity index (χ1n) is 14.0. The summed E-state index contributed by atoms with van der Waals surface area (Å²) in [4.78, 5) is 42.0. The summed E-state index contributed by atoms with van der Waals surface area (Å²) in [7, 11) is -4.09. The first kappa shape index (κ1) is 32.7. The second-order valence-corrected chi connectivity index (χ2v) is 13.1. The molecule has 1 aliphatic rings. The molecule has 0 radical (unpaired) electrons. The molecular weight excluding hydrogens is 558 g/mol. The molecule has 1 unspecified atom stereocenters. The largest absolute Gasteiger partial charge is 0.462 e. The number of nitrogens with zero attached hydrogens (tertiary/aromatic N) is 1. The predicted octanol–water partition coefficient (Wildman–Crippen LogP) is 2.41. The highest BCUT2D eigenvalue weighted by Gasteiger charge is 2.29. The number of sulfonamides is 1. The molecular formula is C30H41N5O6S. The van der Waals surface area contributed by atoms with Crippen molar-refractivity contribution in [2.45, 2.75) is 76.3 Å². The zero-order valence-electron chi connectivity index (χ0n) is 24.8. The van der Waals surface area contributed by atoms with Crippen molar-refractivity contribution in [3.63, 3.8) is 0 Å². The van der Waals surface area contributed by atoms with E-state index >= 15 is 0 Å². The van der Waals surface area contributed by atoms with Crippen molar-refractivity contribution in [2.24, 2.45) is 4.99 Å². The molecule has 0 aliphatic carbocycles. The van der Waals surface area contributed by atoms with Crippen LogP contribution in [0.15, 0.2) is 58.4 Å². The van der Waals surface area contributed by atoms with Gasteiger partial charge in [-0.3, -0.25) is 24.7 Å². The molecule has 12 heteroatoms. The van der Waals surface area contributed by atoms with Crippen LogP contribution in [0.3, 0.4) is 0 Å². The molecule has 42 heavy (non-hydrogen) atoms. The summed E-state index contributed by atoms with van der Waals surface area (Å²) in [6.07, 6.45) is 1.19. The van der Waals surface area contributed by atoms with Gasteiger partial charge in [0.2, 0.25) is 15.9 Å². The molecule has 11 nitrogen and oxygen atoms in total. The lowest BCUT2D eigenvalue weighted by Gasteiger charge is -2.21. The minimum absolute atomic E-state index is 0.00330. The molecule has 0 fully saturated rings. The minimum atomic E-state index is -4.09. The Morgan fingerprint density at radius 2 is 1.69 bits per heavy atom. The number of aliphatic imine (C=N–C) groups is 1. The van der Waals surface area contributed by atoms with E-state index in [1.54, 1.807) is 50.2 Å². The van der Waals surface area contributed by atoms with Crippen LogP contribution in [0.2, 0.25) is 0 Å². The van der Waals surface area contributed by atoms with Crippen LogP contribution in [-0.4, -0.2) is 63.9 Å². The molecule has 0 saturated carbocycles. The Bertz CT molecular complexity index is 1380. The van der Waals surface area contributed by atoms with Gasteiger partial charge in [0.25, 0.3) is 5.91 Å². The summed E-state index contributed by atoms with van der Waals surface area (Å²) in [6.45, 7) is 10.5. The maximum absolute atomic E-state index is 13.1. The molecule has 1 heterocycles. The third kappa shape index (κ3) is 9.95. The third-order valence-corrected chi connectivity index (χ3v) is 7.93. The lowest BCUT2D eigenvalue weighted by molar-refractivity contribution is -0.149. The Kier molecular flexibility index (Phi) is 11.2. The van der Waals surface area contributed by atoms with Crippen molar-refractivity contribution >= 4 is 33.8 Å². The molecule has 2 amide bonds. The van der Waals surface area contributed by atoms with Gasteiger partial charge in [-0.15, -0.1) is 0 Å². The summed E-state index contributed by atoms with van der Waals surface area (Å²) in [5.74, 6) is -0.952. The number of carbonyl (C=O) groups excluding carboxylic acids is 3. The van der Waals surface area contributed by atoms with Gasteiger partial charge in [-0.1, -0.05) is 45.0 Å². The SMILES string of the molecule is CC(C)OC(=O)C(CNC(=O)c1ccc(CCC(=O)NC2=NCCCN2)cc1)NS(=O)(=O)c1ccc(C(C)(C)C)cc1. The van der Waals surface area contributed by atoms with Gasteiger partial charge in [-0.25, -0.2) is 8.42 Å². The molecule has 0 spiro atoms. The average Bonchev–Trinajstić information content (AvgIpc) is 2.94. The number of benzene rings is 2. The third-order valence-electron chi connectivity index (χ3n) is 6.44. The topological polar surface area (TPSA) is 155 Å². The zero-order chi connectivity index (χ0) is 30.9. The molecule has 2 aromatic rings. The standard InChI is InChI=1S/C30H41N5O6S/c1-20(2)41-28(38)25(35-42(39,40)24-14-12-23(13-15-24)30(3,4)5)19-33-27(37)22-10-7-21(8-11-22)9-16-26(36)34-29-31-17-6-18-32-29/h7-8,10-15,20,25,35H,6,9,16-19H2,1-5H3,(H,33,37)(H2,31,32,34,36). The maximum atomic E-state index is 13.1. The lowest BCUT2D eigenvalue weighted by Crippen LogP contribution is -2.49. The fourth-order valence-corrected chi connectivity index (χ4v) is 5.25. The zero-order valence-corrected chi connectivity index (χ0v) is 25.6.